The fraction of sp³-hybridized carbons (Fsp3) is 0.526. The third kappa shape index (κ3) is 3.07. The smallest absolute Gasteiger partial charge is 0.317 e. The van der Waals surface area contributed by atoms with Gasteiger partial charge in [0.2, 0.25) is 0 Å². The average molecular weight is 328 g/mol. The van der Waals surface area contributed by atoms with Gasteiger partial charge < -0.3 is 19.7 Å². The molecule has 4 rings (SSSR count). The lowest BCUT2D eigenvalue weighted by Crippen LogP contribution is -2.50. The van der Waals surface area contributed by atoms with E-state index in [1.807, 2.05) is 17.0 Å². The molecule has 5 nitrogen and oxygen atoms in total. The summed E-state index contributed by atoms with van der Waals surface area (Å²) >= 11 is 0. The molecule has 1 aromatic rings. The van der Waals surface area contributed by atoms with Gasteiger partial charge in [0.25, 0.3) is 0 Å². The Bertz CT molecular complexity index is 665. The van der Waals surface area contributed by atoms with Gasteiger partial charge in [-0.3, -0.25) is 0 Å². The minimum atomic E-state index is 0.0735. The Hall–Kier alpha value is -2.17. The molecule has 2 amide bonds. The van der Waals surface area contributed by atoms with Crippen LogP contribution in [0.2, 0.25) is 0 Å². The lowest BCUT2D eigenvalue weighted by atomic mass is 9.82. The zero-order valence-corrected chi connectivity index (χ0v) is 14.1. The van der Waals surface area contributed by atoms with Crippen molar-refractivity contribution in [1.82, 2.24) is 10.2 Å². The van der Waals surface area contributed by atoms with Crippen molar-refractivity contribution in [3.63, 3.8) is 0 Å². The fourth-order valence-electron chi connectivity index (χ4n) is 3.65. The summed E-state index contributed by atoms with van der Waals surface area (Å²) in [5.74, 6) is 2.38. The molecule has 3 aliphatic rings. The van der Waals surface area contributed by atoms with Gasteiger partial charge >= 0.3 is 6.03 Å². The molecule has 0 aromatic heterocycles. The number of benzene rings is 1. The van der Waals surface area contributed by atoms with Crippen LogP contribution in [0, 0.1) is 5.92 Å². The summed E-state index contributed by atoms with van der Waals surface area (Å²) in [6, 6.07) is 6.54. The highest BCUT2D eigenvalue weighted by atomic mass is 16.6. The van der Waals surface area contributed by atoms with E-state index in [0.717, 1.165) is 48.8 Å². The largest absolute Gasteiger partial charge is 0.486 e. The minimum absolute atomic E-state index is 0.0735. The van der Waals surface area contributed by atoms with E-state index in [4.69, 9.17) is 9.47 Å². The summed E-state index contributed by atoms with van der Waals surface area (Å²) in [6.45, 7) is 4.86. The van der Waals surface area contributed by atoms with Crippen LogP contribution in [0.5, 0.6) is 11.5 Å². The van der Waals surface area contributed by atoms with E-state index in [9.17, 15) is 4.79 Å². The number of ether oxygens (including phenoxy) is 2. The van der Waals surface area contributed by atoms with E-state index in [-0.39, 0.29) is 6.03 Å². The third-order valence-corrected chi connectivity index (χ3v) is 5.11. The first-order valence-electron chi connectivity index (χ1n) is 8.83. The highest BCUT2D eigenvalue weighted by molar-refractivity contribution is 5.77. The molecule has 2 aliphatic heterocycles. The number of urea groups is 1. The number of amides is 2. The number of rotatable bonds is 2. The maximum atomic E-state index is 12.3. The van der Waals surface area contributed by atoms with Crippen LogP contribution < -0.4 is 14.8 Å². The summed E-state index contributed by atoms with van der Waals surface area (Å²) < 4.78 is 11.2. The van der Waals surface area contributed by atoms with Gasteiger partial charge in [-0.2, -0.15) is 0 Å². The average Bonchev–Trinajstić information content (AvgIpc) is 2.60. The Kier molecular flexibility index (Phi) is 4.08. The second-order valence-corrected chi connectivity index (χ2v) is 7.01. The van der Waals surface area contributed by atoms with Crippen LogP contribution >= 0.6 is 0 Å². The molecule has 1 aliphatic carbocycles. The molecular formula is C19H24N2O3. The Labute approximate surface area is 142 Å². The maximum absolute atomic E-state index is 12.3. The SMILES string of the molecule is CC1CC(NC(=O)N2CC=C(c3ccc4c(c3)OCCO4)CC2)C1. The van der Waals surface area contributed by atoms with Crippen molar-refractivity contribution in [3.05, 3.63) is 29.8 Å². The van der Waals surface area contributed by atoms with Crippen molar-refractivity contribution < 1.29 is 14.3 Å². The van der Waals surface area contributed by atoms with Crippen molar-refractivity contribution in [3.8, 4) is 11.5 Å². The van der Waals surface area contributed by atoms with Crippen molar-refractivity contribution in [2.45, 2.75) is 32.2 Å². The van der Waals surface area contributed by atoms with Crippen LogP contribution in [0.1, 0.15) is 31.7 Å². The van der Waals surface area contributed by atoms with Crippen LogP contribution in [0.25, 0.3) is 5.57 Å². The van der Waals surface area contributed by atoms with Crippen molar-refractivity contribution in [2.24, 2.45) is 5.92 Å². The topological polar surface area (TPSA) is 50.8 Å². The number of fused-ring (bicyclic) bond motifs is 1. The first-order chi connectivity index (χ1) is 11.7. The minimum Gasteiger partial charge on any atom is -0.486 e. The molecule has 1 aromatic carbocycles. The molecule has 0 bridgehead atoms. The van der Waals surface area contributed by atoms with Gasteiger partial charge in [0.15, 0.2) is 11.5 Å². The van der Waals surface area contributed by atoms with Crippen LogP contribution in [0.15, 0.2) is 24.3 Å². The maximum Gasteiger partial charge on any atom is 0.317 e. The fourth-order valence-corrected chi connectivity index (χ4v) is 3.65. The van der Waals surface area contributed by atoms with E-state index >= 15 is 0 Å². The molecule has 0 spiro atoms. The predicted molar refractivity (Wildman–Crippen MR) is 92.3 cm³/mol. The molecule has 24 heavy (non-hydrogen) atoms. The van der Waals surface area contributed by atoms with Crippen LogP contribution in [-0.2, 0) is 0 Å². The molecule has 5 heteroatoms. The van der Waals surface area contributed by atoms with Gasteiger partial charge in [0.1, 0.15) is 13.2 Å². The van der Waals surface area contributed by atoms with Crippen LogP contribution in [-0.4, -0.2) is 43.3 Å². The van der Waals surface area contributed by atoms with Gasteiger partial charge in [-0.05, 0) is 48.4 Å². The first-order valence-corrected chi connectivity index (χ1v) is 8.83. The molecule has 0 saturated heterocycles. The second-order valence-electron chi connectivity index (χ2n) is 7.01. The van der Waals surface area contributed by atoms with Gasteiger partial charge in [0, 0.05) is 19.1 Å². The van der Waals surface area contributed by atoms with E-state index in [1.54, 1.807) is 0 Å². The van der Waals surface area contributed by atoms with E-state index in [1.165, 1.54) is 5.57 Å². The number of carbonyl (C=O) groups excluding carboxylic acids is 1. The molecule has 1 saturated carbocycles. The number of hydrogen-bond donors (Lipinski definition) is 1. The zero-order valence-electron chi connectivity index (χ0n) is 14.1. The molecule has 0 atom stereocenters. The summed E-state index contributed by atoms with van der Waals surface area (Å²) in [5, 5.41) is 3.13. The number of nitrogens with one attached hydrogen (secondary N) is 1. The highest BCUT2D eigenvalue weighted by Crippen LogP contribution is 2.34. The van der Waals surface area contributed by atoms with Crippen LogP contribution in [0.4, 0.5) is 4.79 Å². The summed E-state index contributed by atoms with van der Waals surface area (Å²) in [7, 11) is 0. The summed E-state index contributed by atoms with van der Waals surface area (Å²) in [4.78, 5) is 14.2. The van der Waals surface area contributed by atoms with Gasteiger partial charge in [-0.15, -0.1) is 0 Å². The predicted octanol–water partition coefficient (Wildman–Crippen LogP) is 3.06. The highest BCUT2D eigenvalue weighted by Gasteiger charge is 2.28. The molecule has 128 valence electrons. The lowest BCUT2D eigenvalue weighted by Gasteiger charge is -2.36. The van der Waals surface area contributed by atoms with Crippen molar-refractivity contribution in [1.29, 1.82) is 0 Å². The Morgan fingerprint density at radius 1 is 1.21 bits per heavy atom. The molecule has 1 N–H and O–H groups in total. The van der Waals surface area contributed by atoms with Gasteiger partial charge in [-0.25, -0.2) is 4.79 Å². The van der Waals surface area contributed by atoms with Crippen LogP contribution in [0.3, 0.4) is 0 Å². The van der Waals surface area contributed by atoms with Gasteiger partial charge in [0.05, 0.1) is 0 Å². The molecular weight excluding hydrogens is 304 g/mol. The molecule has 0 radical (unpaired) electrons. The number of hydrogen-bond acceptors (Lipinski definition) is 3. The summed E-state index contributed by atoms with van der Waals surface area (Å²) in [5.41, 5.74) is 2.43. The zero-order chi connectivity index (χ0) is 16.5. The molecule has 0 unspecified atom stereocenters. The third-order valence-electron chi connectivity index (χ3n) is 5.11. The van der Waals surface area contributed by atoms with Crippen molar-refractivity contribution >= 4 is 11.6 Å². The van der Waals surface area contributed by atoms with E-state index < -0.39 is 0 Å². The Morgan fingerprint density at radius 3 is 2.71 bits per heavy atom. The molecule has 2 heterocycles. The number of nitrogens with zero attached hydrogens (tertiary/aromatic N) is 1. The molecule has 1 fully saturated rings. The monoisotopic (exact) mass is 328 g/mol. The van der Waals surface area contributed by atoms with E-state index in [2.05, 4.69) is 24.4 Å². The second kappa shape index (κ2) is 6.38. The summed E-state index contributed by atoms with van der Waals surface area (Å²) in [6.07, 6.45) is 5.24. The Morgan fingerprint density at radius 2 is 2.00 bits per heavy atom. The Balaban J connectivity index is 1.38. The standard InChI is InChI=1S/C19H24N2O3/c1-13-10-16(11-13)20-19(22)21-6-4-14(5-7-21)15-2-3-17-18(12-15)24-9-8-23-17/h2-4,12-13,16H,5-11H2,1H3,(H,20,22). The van der Waals surface area contributed by atoms with Crippen molar-refractivity contribution in [2.75, 3.05) is 26.3 Å². The van der Waals surface area contributed by atoms with E-state index in [0.29, 0.717) is 25.8 Å². The number of carbonyl (C=O) groups is 1. The van der Waals surface area contributed by atoms with Gasteiger partial charge in [-0.1, -0.05) is 19.1 Å². The lowest BCUT2D eigenvalue weighted by molar-refractivity contribution is 0.171. The first kappa shape index (κ1) is 15.4. The normalized spacial score (nSPS) is 25.5. The quantitative estimate of drug-likeness (QED) is 0.908.